The van der Waals surface area contributed by atoms with Gasteiger partial charge in [0, 0.05) is 80.4 Å². The van der Waals surface area contributed by atoms with E-state index in [0.717, 1.165) is 59.0 Å². The summed E-state index contributed by atoms with van der Waals surface area (Å²) in [6, 6.07) is 0. The van der Waals surface area contributed by atoms with Crippen LogP contribution in [0, 0.1) is 22.1 Å². The highest BCUT2D eigenvalue weighted by Crippen LogP contribution is 2.50. The maximum atomic E-state index is 7.76. The zero-order valence-electron chi connectivity index (χ0n) is 76.3. The van der Waals surface area contributed by atoms with Gasteiger partial charge in [-0.1, -0.05) is 301 Å². The largest absolute Gasteiger partial charge is 0.385 e. The molecule has 3 nitrogen and oxygen atoms in total. The molecule has 0 aliphatic heterocycles. The molecule has 1 atom stereocenters. The van der Waals surface area contributed by atoms with Crippen molar-refractivity contribution in [1.82, 2.24) is 0 Å². The van der Waals surface area contributed by atoms with E-state index in [9.17, 15) is 0 Å². The van der Waals surface area contributed by atoms with Gasteiger partial charge in [-0.3, -0.25) is 0 Å². The zero-order chi connectivity index (χ0) is 77.2. The quantitative estimate of drug-likeness (QED) is 0.122. The summed E-state index contributed by atoms with van der Waals surface area (Å²) < 4.78 is 224. The smallest absolute Gasteiger partial charge is 0.0459 e. The van der Waals surface area contributed by atoms with Gasteiger partial charge in [0.15, 0.2) is 0 Å². The molecule has 394 valence electrons. The molecular weight excluding hydrogens is 757 g/mol. The summed E-state index contributed by atoms with van der Waals surface area (Å²) in [6.07, 6.45) is -9.40. The molecule has 62 heavy (non-hydrogen) atoms. The lowest BCUT2D eigenvalue weighted by molar-refractivity contribution is 0.00575. The van der Waals surface area contributed by atoms with Crippen LogP contribution in [-0.2, 0) is 14.2 Å². The van der Waals surface area contributed by atoms with Crippen LogP contribution in [0.15, 0.2) is 0 Å². The van der Waals surface area contributed by atoms with Gasteiger partial charge in [0.2, 0.25) is 0 Å². The van der Waals surface area contributed by atoms with E-state index in [1.165, 1.54) is 55.4 Å². The van der Waals surface area contributed by atoms with Gasteiger partial charge in [-0.2, -0.15) is 0 Å². The van der Waals surface area contributed by atoms with Gasteiger partial charge in [0.1, 0.15) is 0 Å². The third-order valence-electron chi connectivity index (χ3n) is 6.91. The Morgan fingerprint density at radius 2 is 0.758 bits per heavy atom. The van der Waals surface area contributed by atoms with E-state index >= 15 is 0 Å². The van der Waals surface area contributed by atoms with Crippen LogP contribution in [0.5, 0.6) is 0 Å². The highest BCUT2D eigenvalue weighted by molar-refractivity contribution is 4.91. The summed E-state index contributed by atoms with van der Waals surface area (Å²) in [5.74, 6) is -1.41. The standard InChI is InChI=1S/C11H24.C6H14.6C5H12.3C4H10O/c1-9(2,3)11(7,8)10(4,5)6;1-4-5-6(2)3;6*1-3-5-4-2;2*1-3-4-5-2;1-3-5-4-2/h1-8H3;6H,4-5H2,1-3H3;6*3-5H2,1-2H3;3*3-4H2,1-2H3/i1D3,7D3;4D2,5D2,6D;2*3D2,5D2;3D2,4D2;5D2;2*3D2;;;. The Bertz CT molecular complexity index is 1520. The molecule has 0 aliphatic rings. The summed E-state index contributed by atoms with van der Waals surface area (Å²) in [5.41, 5.74) is -3.25. The lowest BCUT2D eigenvalue weighted by Gasteiger charge is -2.49. The van der Waals surface area contributed by atoms with Crippen LogP contribution in [0.3, 0.4) is 0 Å². The summed E-state index contributed by atoms with van der Waals surface area (Å²) in [4.78, 5) is 0. The maximum Gasteiger partial charge on any atom is 0.0459 e. The maximum absolute atomic E-state index is 7.76. The first-order chi connectivity index (χ1) is 39.3. The van der Waals surface area contributed by atoms with Crippen LogP contribution < -0.4 is 0 Å². The van der Waals surface area contributed by atoms with Gasteiger partial charge < -0.3 is 14.2 Å². The predicted octanol–water partition coefficient (Wildman–Crippen LogP) is 22.9. The second kappa shape index (κ2) is 87.7. The highest BCUT2D eigenvalue weighted by atomic mass is 16.5. The number of methoxy groups -OCH3 is 2. The van der Waals surface area contributed by atoms with Crippen LogP contribution in [-0.4, -0.2) is 40.6 Å². The number of hydrogen-bond acceptors (Lipinski definition) is 3. The Labute approximate surface area is 444 Å². The summed E-state index contributed by atoms with van der Waals surface area (Å²) in [6.45, 7) is 40.3. The molecule has 1 unspecified atom stereocenters. The fraction of sp³-hybridized carbons (Fsp3) is 1.00. The Balaban J connectivity index is -0.0000000878. The minimum atomic E-state index is -2.33. The first kappa shape index (κ1) is 35.9. The van der Waals surface area contributed by atoms with E-state index in [0.29, 0.717) is 25.7 Å². The molecule has 0 fully saturated rings. The number of hydrogen-bond donors (Lipinski definition) is 0. The number of rotatable bonds is 20. The van der Waals surface area contributed by atoms with Crippen molar-refractivity contribution in [3.05, 3.63) is 0 Å². The Morgan fingerprint density at radius 1 is 0.419 bits per heavy atom. The SMILES string of the molecule is CCCOC.CCCOC.CCOCC.[2H]C([2H])(C)C([2H])([2H])C([2H])(C)C.[2H]C([2H])(C)C([2H])([2H])CC.[2H]C([2H])(C)C([2H])([2H])CC.[2H]C([2H])(C)CC([2H])([2H])C.[2H]C([2H])(C)CCC.[2H]C([2H])(C)CCC.[2H]C([2H])(CC)CC.[2H]C([2H])([2H])C(C)(C)C(C)(C([2H])([2H])[2H])C(C)(C)C. The van der Waals surface area contributed by atoms with Gasteiger partial charge in [-0.05, 0) is 48.8 Å². The normalized spacial score (nSPS) is 20.6. The van der Waals surface area contributed by atoms with Crippen molar-refractivity contribution in [3.8, 4) is 0 Å². The summed E-state index contributed by atoms with van der Waals surface area (Å²) >= 11 is 0. The van der Waals surface area contributed by atoms with Gasteiger partial charge in [0.25, 0.3) is 0 Å². The van der Waals surface area contributed by atoms with E-state index in [1.54, 1.807) is 69.6 Å². The third kappa shape index (κ3) is 137. The average Bonchev–Trinajstić information content (AvgIpc) is 3.29. The molecule has 0 aliphatic carbocycles. The van der Waals surface area contributed by atoms with Gasteiger partial charge in [-0.25, -0.2) is 0 Å². The van der Waals surface area contributed by atoms with Crippen molar-refractivity contribution < 1.29 is 54.0 Å². The second-order valence-electron chi connectivity index (χ2n) is 14.8. The molecule has 0 saturated heterocycles. The van der Waals surface area contributed by atoms with Crippen LogP contribution in [0.4, 0.5) is 0 Å². The van der Waals surface area contributed by atoms with Crippen molar-refractivity contribution in [1.29, 1.82) is 0 Å². The van der Waals surface area contributed by atoms with Crippen molar-refractivity contribution in [2.45, 2.75) is 328 Å². The van der Waals surface area contributed by atoms with Crippen LogP contribution in [0.2, 0.25) is 0 Å². The topological polar surface area (TPSA) is 27.7 Å². The van der Waals surface area contributed by atoms with Crippen molar-refractivity contribution in [2.75, 3.05) is 40.6 Å². The average molecular weight is 927 g/mol. The molecule has 0 N–H and O–H groups in total. The molecule has 0 aromatic carbocycles. The molecular formula is C59H140O3. The molecule has 0 aromatic heterocycles. The molecule has 0 aromatic rings. The molecule has 0 spiro atoms. The molecule has 0 rings (SSSR count). The van der Waals surface area contributed by atoms with Crippen LogP contribution >= 0.6 is 0 Å². The molecule has 0 saturated carbocycles. The Hall–Kier alpha value is -0.120. The lowest BCUT2D eigenvalue weighted by Crippen LogP contribution is -2.41. The first-order valence-corrected chi connectivity index (χ1v) is 23.4. The van der Waals surface area contributed by atoms with E-state index in [1.807, 2.05) is 41.5 Å². The van der Waals surface area contributed by atoms with Crippen LogP contribution in [0.25, 0.3) is 0 Å². The minimum Gasteiger partial charge on any atom is -0.385 e. The summed E-state index contributed by atoms with van der Waals surface area (Å²) in [5, 5.41) is 0. The van der Waals surface area contributed by atoms with Gasteiger partial charge >= 0.3 is 0 Å². The summed E-state index contributed by atoms with van der Waals surface area (Å²) in [7, 11) is 3.42. The van der Waals surface area contributed by atoms with Crippen molar-refractivity contribution in [2.24, 2.45) is 22.1 Å². The predicted molar refractivity (Wildman–Crippen MR) is 300 cm³/mol. The highest BCUT2D eigenvalue weighted by Gasteiger charge is 2.42. The third-order valence-corrected chi connectivity index (χ3v) is 6.91. The molecule has 0 heterocycles. The Kier molecular flexibility index (Phi) is 50.9. The Morgan fingerprint density at radius 3 is 0.774 bits per heavy atom. The fourth-order valence-corrected chi connectivity index (χ4v) is 3.08. The van der Waals surface area contributed by atoms with E-state index in [-0.39, 0.29) is 19.3 Å². The second-order valence-corrected chi connectivity index (χ2v) is 14.8. The van der Waals surface area contributed by atoms with E-state index in [4.69, 9.17) is 54.0 Å². The fourth-order valence-electron chi connectivity index (χ4n) is 3.08. The monoisotopic (exact) mass is 926 g/mol. The van der Waals surface area contributed by atoms with E-state index < -0.39 is 106 Å². The van der Waals surface area contributed by atoms with Crippen molar-refractivity contribution >= 4 is 0 Å². The molecule has 3 heteroatoms. The van der Waals surface area contributed by atoms with Crippen LogP contribution in [0.1, 0.15) is 367 Å². The lowest BCUT2D eigenvalue weighted by atomic mass is 9.56. The first-order valence-electron chi connectivity index (χ1n) is 37.9. The van der Waals surface area contributed by atoms with Gasteiger partial charge in [-0.15, -0.1) is 0 Å². The van der Waals surface area contributed by atoms with Crippen molar-refractivity contribution in [3.63, 3.8) is 0 Å². The zero-order valence-corrected chi connectivity index (χ0v) is 47.3. The minimum absolute atomic E-state index is 0.0417. The molecule has 0 bridgehead atoms. The van der Waals surface area contributed by atoms with Gasteiger partial charge in [0.05, 0.1) is 0 Å². The molecule has 0 amide bonds. The number of ether oxygens (including phenoxy) is 3. The van der Waals surface area contributed by atoms with E-state index in [2.05, 4.69) is 13.8 Å². The molecule has 0 radical (unpaired) electrons.